The number of imidazole rings is 1. The predicted octanol–water partition coefficient (Wildman–Crippen LogP) is 3.73. The maximum atomic E-state index is 15.2. The molecule has 41 heavy (non-hydrogen) atoms. The number of ether oxygens (including phenoxy) is 1. The summed E-state index contributed by atoms with van der Waals surface area (Å²) in [6.07, 6.45) is 5.45. The van der Waals surface area contributed by atoms with Crippen LogP contribution >= 0.6 is 0 Å². The van der Waals surface area contributed by atoms with Gasteiger partial charge in [0.15, 0.2) is 12.4 Å². The van der Waals surface area contributed by atoms with Crippen molar-refractivity contribution in [3.63, 3.8) is 0 Å². The van der Waals surface area contributed by atoms with Crippen LogP contribution in [0.2, 0.25) is 0 Å². The standard InChI is InChI=1S/C30H31FN6O4/c1-17-25(36-14-22(23(31)10-27(36)34-17)21-11-32-29(33-12-21)30(3,4)40)15-37-24-9-19(5-6-26(24)41-16-28(37)39)20-7-8-35(13-20)18(2)38/h5-6,9-12,14,20,40H,7-8,13,15-16H2,1-4H3. The van der Waals surface area contributed by atoms with Gasteiger partial charge in [-0.3, -0.25) is 14.5 Å². The first-order chi connectivity index (χ1) is 19.5. The SMILES string of the molecule is CC(=O)N1CCC(c2ccc3c(c2)N(Cc2c(C)nc4cc(F)c(-c5cnc(C(C)(C)O)nc5)cn24)C(=O)CO3)C1. The Morgan fingerprint density at radius 3 is 2.66 bits per heavy atom. The number of carbonyl (C=O) groups is 2. The van der Waals surface area contributed by atoms with Gasteiger partial charge in [0.2, 0.25) is 5.91 Å². The number of fused-ring (bicyclic) bond motifs is 2. The number of hydrogen-bond donors (Lipinski definition) is 1. The zero-order chi connectivity index (χ0) is 29.1. The summed E-state index contributed by atoms with van der Waals surface area (Å²) in [6, 6.07) is 7.21. The summed E-state index contributed by atoms with van der Waals surface area (Å²) in [5.41, 5.74) is 3.01. The Labute approximate surface area is 236 Å². The number of anilines is 1. The molecule has 6 rings (SSSR count). The third kappa shape index (κ3) is 4.90. The lowest BCUT2D eigenvalue weighted by Crippen LogP contribution is -2.38. The number of rotatable bonds is 5. The summed E-state index contributed by atoms with van der Waals surface area (Å²) < 4.78 is 22.7. The molecule has 1 aromatic carbocycles. The van der Waals surface area contributed by atoms with Crippen LogP contribution in [-0.2, 0) is 21.7 Å². The molecule has 0 spiro atoms. The maximum Gasteiger partial charge on any atom is 0.265 e. The van der Waals surface area contributed by atoms with Gasteiger partial charge in [-0.2, -0.15) is 0 Å². The van der Waals surface area contributed by atoms with Crippen molar-refractivity contribution in [2.24, 2.45) is 0 Å². The molecule has 0 saturated carbocycles. The molecule has 1 unspecified atom stereocenters. The van der Waals surface area contributed by atoms with Crippen molar-refractivity contribution in [2.45, 2.75) is 52.2 Å². The van der Waals surface area contributed by atoms with Gasteiger partial charge in [-0.25, -0.2) is 19.3 Å². The first-order valence-electron chi connectivity index (χ1n) is 13.5. The van der Waals surface area contributed by atoms with Crippen molar-refractivity contribution in [1.82, 2.24) is 24.3 Å². The van der Waals surface area contributed by atoms with Gasteiger partial charge in [-0.15, -0.1) is 0 Å². The second kappa shape index (κ2) is 9.91. The van der Waals surface area contributed by atoms with Crippen molar-refractivity contribution in [2.75, 3.05) is 24.6 Å². The first kappa shape index (κ1) is 26.8. The lowest BCUT2D eigenvalue weighted by atomic mass is 9.97. The zero-order valence-corrected chi connectivity index (χ0v) is 23.4. The van der Waals surface area contributed by atoms with Crippen LogP contribution in [0, 0.1) is 12.7 Å². The van der Waals surface area contributed by atoms with Crippen molar-refractivity contribution >= 4 is 23.1 Å². The molecule has 0 radical (unpaired) electrons. The van der Waals surface area contributed by atoms with E-state index in [9.17, 15) is 14.7 Å². The second-order valence-electron chi connectivity index (χ2n) is 11.2. The molecule has 11 heteroatoms. The van der Waals surface area contributed by atoms with Crippen molar-refractivity contribution in [3.05, 3.63) is 71.4 Å². The minimum absolute atomic E-state index is 0.0595. The number of hydrogen-bond acceptors (Lipinski definition) is 7. The monoisotopic (exact) mass is 558 g/mol. The van der Waals surface area contributed by atoms with E-state index in [1.165, 1.54) is 18.5 Å². The molecule has 3 aromatic heterocycles. The van der Waals surface area contributed by atoms with Crippen LogP contribution in [-0.4, -0.2) is 60.9 Å². The molecule has 2 aliphatic rings. The Bertz CT molecular complexity index is 1680. The van der Waals surface area contributed by atoms with Crippen LogP contribution in [0.3, 0.4) is 0 Å². The summed E-state index contributed by atoms with van der Waals surface area (Å²) in [7, 11) is 0. The molecular formula is C30H31FN6O4. The van der Waals surface area contributed by atoms with Gasteiger partial charge in [0.25, 0.3) is 5.91 Å². The second-order valence-corrected chi connectivity index (χ2v) is 11.2. The first-order valence-corrected chi connectivity index (χ1v) is 13.5. The van der Waals surface area contributed by atoms with Crippen molar-refractivity contribution < 1.29 is 23.8 Å². The number of aryl methyl sites for hydroxylation is 1. The fraction of sp³-hybridized carbons (Fsp3) is 0.367. The van der Waals surface area contributed by atoms with Crippen LogP contribution in [0.1, 0.15) is 55.9 Å². The van der Waals surface area contributed by atoms with Crippen LogP contribution in [0.5, 0.6) is 5.75 Å². The van der Waals surface area contributed by atoms with Crippen LogP contribution < -0.4 is 9.64 Å². The van der Waals surface area contributed by atoms with E-state index in [0.717, 1.165) is 17.7 Å². The van der Waals surface area contributed by atoms with Gasteiger partial charge in [-0.05, 0) is 44.9 Å². The van der Waals surface area contributed by atoms with E-state index in [1.54, 1.807) is 36.3 Å². The number of nitrogens with zero attached hydrogens (tertiary/aromatic N) is 6. The summed E-state index contributed by atoms with van der Waals surface area (Å²) in [6.45, 7) is 8.04. The highest BCUT2D eigenvalue weighted by molar-refractivity contribution is 5.98. The van der Waals surface area contributed by atoms with Crippen molar-refractivity contribution in [1.29, 1.82) is 0 Å². The Balaban J connectivity index is 1.36. The minimum Gasteiger partial charge on any atom is -0.482 e. The number of aromatic nitrogens is 4. The number of pyridine rings is 1. The normalized spacial score (nSPS) is 17.2. The van der Waals surface area contributed by atoms with Gasteiger partial charge < -0.3 is 19.1 Å². The molecule has 0 bridgehead atoms. The highest BCUT2D eigenvalue weighted by atomic mass is 19.1. The van der Waals surface area contributed by atoms with E-state index < -0.39 is 11.4 Å². The molecule has 5 heterocycles. The molecule has 2 amide bonds. The highest BCUT2D eigenvalue weighted by Gasteiger charge is 2.31. The van der Waals surface area contributed by atoms with Gasteiger partial charge in [-0.1, -0.05) is 6.07 Å². The Morgan fingerprint density at radius 1 is 1.22 bits per heavy atom. The third-order valence-corrected chi connectivity index (χ3v) is 7.86. The van der Waals surface area contributed by atoms with Gasteiger partial charge in [0, 0.05) is 61.7 Å². The average Bonchev–Trinajstić information content (AvgIpc) is 3.54. The smallest absolute Gasteiger partial charge is 0.265 e. The lowest BCUT2D eigenvalue weighted by molar-refractivity contribution is -0.127. The molecule has 1 saturated heterocycles. The number of amides is 2. The molecule has 4 aromatic rings. The van der Waals surface area contributed by atoms with E-state index in [4.69, 9.17) is 4.74 Å². The molecule has 1 atom stereocenters. The molecule has 1 fully saturated rings. The van der Waals surface area contributed by atoms with E-state index >= 15 is 4.39 Å². The molecule has 0 aliphatic carbocycles. The van der Waals surface area contributed by atoms with E-state index in [-0.39, 0.29) is 42.3 Å². The predicted molar refractivity (Wildman–Crippen MR) is 149 cm³/mol. The number of benzene rings is 1. The molecule has 1 N–H and O–H groups in total. The summed E-state index contributed by atoms with van der Waals surface area (Å²) in [4.78, 5) is 41.6. The number of carbonyl (C=O) groups excluding carboxylic acids is 2. The summed E-state index contributed by atoms with van der Waals surface area (Å²) >= 11 is 0. The van der Waals surface area contributed by atoms with Crippen LogP contribution in [0.15, 0.2) is 42.9 Å². The van der Waals surface area contributed by atoms with Gasteiger partial charge in [0.05, 0.1) is 23.6 Å². The topological polar surface area (TPSA) is 113 Å². The van der Waals surface area contributed by atoms with Crippen LogP contribution in [0.25, 0.3) is 16.8 Å². The van der Waals surface area contributed by atoms with E-state index in [1.807, 2.05) is 30.0 Å². The fourth-order valence-electron chi connectivity index (χ4n) is 5.53. The third-order valence-electron chi connectivity index (χ3n) is 7.86. The zero-order valence-electron chi connectivity index (χ0n) is 23.4. The van der Waals surface area contributed by atoms with Gasteiger partial charge in [0.1, 0.15) is 22.8 Å². The quantitative estimate of drug-likeness (QED) is 0.397. The van der Waals surface area contributed by atoms with E-state index in [0.29, 0.717) is 41.4 Å². The molecule has 212 valence electrons. The summed E-state index contributed by atoms with van der Waals surface area (Å²) in [5.74, 6) is 0.399. The number of aliphatic hydroxyl groups is 1. The maximum absolute atomic E-state index is 15.2. The largest absolute Gasteiger partial charge is 0.482 e. The Morgan fingerprint density at radius 2 is 1.98 bits per heavy atom. The number of halogens is 1. The Hall–Kier alpha value is -4.38. The Kier molecular flexibility index (Phi) is 6.49. The average molecular weight is 559 g/mol. The minimum atomic E-state index is -1.22. The van der Waals surface area contributed by atoms with Crippen molar-refractivity contribution in [3.8, 4) is 16.9 Å². The fourth-order valence-corrected chi connectivity index (χ4v) is 5.53. The highest BCUT2D eigenvalue weighted by Crippen LogP contribution is 2.38. The molecule has 2 aliphatic heterocycles. The number of likely N-dealkylation sites (tertiary alicyclic amines) is 1. The van der Waals surface area contributed by atoms with Crippen LogP contribution in [0.4, 0.5) is 10.1 Å². The molecular weight excluding hydrogens is 527 g/mol. The molecule has 10 nitrogen and oxygen atoms in total. The van der Waals surface area contributed by atoms with E-state index in [2.05, 4.69) is 15.0 Å². The van der Waals surface area contributed by atoms with Gasteiger partial charge >= 0.3 is 0 Å². The summed E-state index contributed by atoms with van der Waals surface area (Å²) in [5, 5.41) is 10.2. The lowest BCUT2D eigenvalue weighted by Gasteiger charge is -2.30.